The van der Waals surface area contributed by atoms with Gasteiger partial charge in [0.15, 0.2) is 0 Å². The highest BCUT2D eigenvalue weighted by molar-refractivity contribution is 5.78. The summed E-state index contributed by atoms with van der Waals surface area (Å²) in [6.45, 7) is 2.39. The number of aliphatic hydroxyl groups excluding tert-OH is 1. The first-order chi connectivity index (χ1) is 10.6. The van der Waals surface area contributed by atoms with Crippen LogP contribution < -0.4 is 4.74 Å². The summed E-state index contributed by atoms with van der Waals surface area (Å²) in [6.07, 6.45) is 8.32. The summed E-state index contributed by atoms with van der Waals surface area (Å²) in [6, 6.07) is 6.44. The lowest BCUT2D eigenvalue weighted by Crippen LogP contribution is -2.35. The molecule has 0 spiro atoms. The van der Waals surface area contributed by atoms with Crippen molar-refractivity contribution in [1.82, 2.24) is 0 Å². The molecule has 1 aromatic carbocycles. The zero-order valence-electron chi connectivity index (χ0n) is 13.5. The van der Waals surface area contributed by atoms with E-state index in [4.69, 9.17) is 4.74 Å². The lowest BCUT2D eigenvalue weighted by Gasteiger charge is -2.46. The van der Waals surface area contributed by atoms with Gasteiger partial charge in [0, 0.05) is 11.0 Å². The summed E-state index contributed by atoms with van der Waals surface area (Å²) in [5.41, 5.74) is 7.55. The Morgan fingerprint density at radius 1 is 1.27 bits per heavy atom. The van der Waals surface area contributed by atoms with Gasteiger partial charge in [0.1, 0.15) is 5.75 Å². The Morgan fingerprint density at radius 2 is 2.14 bits per heavy atom. The van der Waals surface area contributed by atoms with Crippen LogP contribution in [0.2, 0.25) is 0 Å². The number of allylic oxidation sites excluding steroid dienone is 3. The van der Waals surface area contributed by atoms with Gasteiger partial charge in [-0.05, 0) is 55.7 Å². The Balaban J connectivity index is 1.82. The molecule has 0 unspecified atom stereocenters. The summed E-state index contributed by atoms with van der Waals surface area (Å²) < 4.78 is 5.57. The van der Waals surface area contributed by atoms with E-state index in [0.29, 0.717) is 0 Å². The average Bonchev–Trinajstić information content (AvgIpc) is 2.54. The fourth-order valence-electron chi connectivity index (χ4n) is 4.78. The van der Waals surface area contributed by atoms with Gasteiger partial charge >= 0.3 is 0 Å². The minimum absolute atomic E-state index is 0.141. The maximum atomic E-state index is 10.0. The standard InChI is InChI=1S/C20H24O2/c1-20-11-10-14(21)12-13(20)6-7-16-15-4-3-5-19(22-2)17(15)8-9-18(16)20/h3-6,14,21H,7-12H2,1-2H3/t14-,20-/m0/s1. The highest BCUT2D eigenvalue weighted by Crippen LogP contribution is 2.55. The number of benzene rings is 1. The monoisotopic (exact) mass is 296 g/mol. The lowest BCUT2D eigenvalue weighted by atomic mass is 9.59. The molecule has 3 aliphatic rings. The molecule has 1 saturated carbocycles. The summed E-state index contributed by atoms with van der Waals surface area (Å²) in [7, 11) is 1.77. The van der Waals surface area contributed by atoms with Gasteiger partial charge in [-0.1, -0.05) is 36.3 Å². The van der Waals surface area contributed by atoms with Gasteiger partial charge < -0.3 is 9.84 Å². The van der Waals surface area contributed by atoms with Crippen molar-refractivity contribution >= 4 is 5.57 Å². The van der Waals surface area contributed by atoms with Crippen molar-refractivity contribution in [3.8, 4) is 5.75 Å². The van der Waals surface area contributed by atoms with Gasteiger partial charge in [0.05, 0.1) is 13.2 Å². The van der Waals surface area contributed by atoms with E-state index in [-0.39, 0.29) is 11.5 Å². The summed E-state index contributed by atoms with van der Waals surface area (Å²) in [4.78, 5) is 0. The Kier molecular flexibility index (Phi) is 3.19. The van der Waals surface area contributed by atoms with Crippen LogP contribution in [0.15, 0.2) is 35.4 Å². The Hall–Kier alpha value is -1.54. The van der Waals surface area contributed by atoms with Crippen molar-refractivity contribution in [1.29, 1.82) is 0 Å². The van der Waals surface area contributed by atoms with Crippen LogP contribution in [0.1, 0.15) is 50.2 Å². The molecular weight excluding hydrogens is 272 g/mol. The van der Waals surface area contributed by atoms with Crippen molar-refractivity contribution in [2.24, 2.45) is 5.41 Å². The van der Waals surface area contributed by atoms with Crippen molar-refractivity contribution in [2.45, 2.75) is 51.6 Å². The second-order valence-corrected chi connectivity index (χ2v) is 7.11. The van der Waals surface area contributed by atoms with E-state index >= 15 is 0 Å². The highest BCUT2D eigenvalue weighted by Gasteiger charge is 2.42. The van der Waals surface area contributed by atoms with Crippen LogP contribution in [-0.2, 0) is 6.42 Å². The van der Waals surface area contributed by atoms with E-state index in [2.05, 4.69) is 31.2 Å². The first-order valence-electron chi connectivity index (χ1n) is 8.40. The second kappa shape index (κ2) is 4.99. The number of rotatable bonds is 1. The highest BCUT2D eigenvalue weighted by atomic mass is 16.5. The molecule has 116 valence electrons. The van der Waals surface area contributed by atoms with E-state index in [1.54, 1.807) is 12.7 Å². The third kappa shape index (κ3) is 1.90. The normalized spacial score (nSPS) is 30.1. The molecule has 1 fully saturated rings. The van der Waals surface area contributed by atoms with Crippen LogP contribution in [0, 0.1) is 5.41 Å². The largest absolute Gasteiger partial charge is 0.496 e. The smallest absolute Gasteiger partial charge is 0.122 e. The van der Waals surface area contributed by atoms with Crippen molar-refractivity contribution < 1.29 is 9.84 Å². The van der Waals surface area contributed by atoms with Crippen LogP contribution >= 0.6 is 0 Å². The summed E-state index contributed by atoms with van der Waals surface area (Å²) in [5, 5.41) is 10.0. The van der Waals surface area contributed by atoms with E-state index in [1.165, 1.54) is 22.3 Å². The number of hydrogen-bond acceptors (Lipinski definition) is 2. The molecule has 0 bridgehead atoms. The van der Waals surface area contributed by atoms with Gasteiger partial charge in [-0.25, -0.2) is 0 Å². The number of hydrogen-bond donors (Lipinski definition) is 1. The molecule has 4 rings (SSSR count). The average molecular weight is 296 g/mol. The van der Waals surface area contributed by atoms with Crippen LogP contribution in [0.25, 0.3) is 5.57 Å². The zero-order valence-corrected chi connectivity index (χ0v) is 13.5. The van der Waals surface area contributed by atoms with Crippen molar-refractivity contribution in [3.63, 3.8) is 0 Å². The molecule has 1 aromatic rings. The molecule has 3 aliphatic carbocycles. The first-order valence-corrected chi connectivity index (χ1v) is 8.40. The van der Waals surface area contributed by atoms with Crippen molar-refractivity contribution in [3.05, 3.63) is 46.5 Å². The predicted octanol–water partition coefficient (Wildman–Crippen LogP) is 4.28. The fraction of sp³-hybridized carbons (Fsp3) is 0.500. The Bertz CT molecular complexity index is 683. The molecule has 0 aromatic heterocycles. The zero-order chi connectivity index (χ0) is 15.3. The van der Waals surface area contributed by atoms with Gasteiger partial charge in [-0.3, -0.25) is 0 Å². The predicted molar refractivity (Wildman–Crippen MR) is 88.9 cm³/mol. The molecule has 1 N–H and O–H groups in total. The third-order valence-electron chi connectivity index (χ3n) is 6.03. The van der Waals surface area contributed by atoms with E-state index in [1.807, 2.05) is 0 Å². The number of fused-ring (bicyclic) bond motifs is 4. The van der Waals surface area contributed by atoms with Crippen LogP contribution in [0.3, 0.4) is 0 Å². The molecule has 2 heteroatoms. The van der Waals surface area contributed by atoms with Gasteiger partial charge in [-0.2, -0.15) is 0 Å². The van der Waals surface area contributed by atoms with E-state index in [9.17, 15) is 5.11 Å². The first kappa shape index (κ1) is 14.1. The SMILES string of the molecule is COc1cccc2c1CCC1=C2CC=C2C[C@@H](O)CC[C@@]21C. The number of methoxy groups -OCH3 is 1. The van der Waals surface area contributed by atoms with Gasteiger partial charge in [0.25, 0.3) is 0 Å². The molecular formula is C20H24O2. The summed E-state index contributed by atoms with van der Waals surface area (Å²) >= 11 is 0. The second-order valence-electron chi connectivity index (χ2n) is 7.11. The minimum atomic E-state index is -0.141. The third-order valence-corrected chi connectivity index (χ3v) is 6.03. The lowest BCUT2D eigenvalue weighted by molar-refractivity contribution is 0.120. The number of ether oxygens (including phenoxy) is 1. The van der Waals surface area contributed by atoms with E-state index in [0.717, 1.165) is 44.3 Å². The van der Waals surface area contributed by atoms with Crippen molar-refractivity contribution in [2.75, 3.05) is 7.11 Å². The van der Waals surface area contributed by atoms with Crippen LogP contribution in [0.4, 0.5) is 0 Å². The molecule has 2 nitrogen and oxygen atoms in total. The maximum Gasteiger partial charge on any atom is 0.122 e. The Morgan fingerprint density at radius 3 is 2.95 bits per heavy atom. The molecule has 0 heterocycles. The van der Waals surface area contributed by atoms with Crippen LogP contribution in [-0.4, -0.2) is 18.3 Å². The maximum absolute atomic E-state index is 10.0. The minimum Gasteiger partial charge on any atom is -0.496 e. The molecule has 0 radical (unpaired) electrons. The van der Waals surface area contributed by atoms with Gasteiger partial charge in [0.2, 0.25) is 0 Å². The molecule has 22 heavy (non-hydrogen) atoms. The fourth-order valence-corrected chi connectivity index (χ4v) is 4.78. The number of aliphatic hydroxyl groups is 1. The molecule has 0 aliphatic heterocycles. The topological polar surface area (TPSA) is 29.5 Å². The van der Waals surface area contributed by atoms with E-state index < -0.39 is 0 Å². The Labute approximate surface area is 132 Å². The van der Waals surface area contributed by atoms with Gasteiger partial charge in [-0.15, -0.1) is 0 Å². The quantitative estimate of drug-likeness (QED) is 0.784. The summed E-state index contributed by atoms with van der Waals surface area (Å²) in [5.74, 6) is 1.03. The molecule has 0 saturated heterocycles. The molecule has 0 amide bonds. The molecule has 2 atom stereocenters. The van der Waals surface area contributed by atoms with Crippen LogP contribution in [0.5, 0.6) is 5.75 Å².